The summed E-state index contributed by atoms with van der Waals surface area (Å²) in [4.78, 5) is 23.7. The average molecular weight is 434 g/mol. The normalized spacial score (nSPS) is 15.2. The molecule has 3 heterocycles. The third kappa shape index (κ3) is 5.95. The van der Waals surface area contributed by atoms with Crippen molar-refractivity contribution in [2.45, 2.75) is 6.10 Å². The largest absolute Gasteiger partial charge is 0.483 e. The van der Waals surface area contributed by atoms with E-state index in [0.29, 0.717) is 11.5 Å². The number of rotatable bonds is 9. The number of nitrogens with zero attached hydrogens (tertiary/aromatic N) is 4. The van der Waals surface area contributed by atoms with E-state index in [1.54, 1.807) is 24.5 Å². The molecule has 32 heavy (non-hydrogen) atoms. The minimum absolute atomic E-state index is 0.194. The van der Waals surface area contributed by atoms with Crippen molar-refractivity contribution in [1.82, 2.24) is 14.9 Å². The van der Waals surface area contributed by atoms with Crippen molar-refractivity contribution >= 4 is 11.7 Å². The van der Waals surface area contributed by atoms with Gasteiger partial charge in [0.1, 0.15) is 17.6 Å². The van der Waals surface area contributed by atoms with Crippen LogP contribution in [0.25, 0.3) is 0 Å². The number of carboxylic acid groups (broad SMARTS) is 1. The van der Waals surface area contributed by atoms with Crippen LogP contribution in [-0.4, -0.2) is 65.3 Å². The number of hydrogen-bond donors (Lipinski definition) is 1. The molecule has 8 nitrogen and oxygen atoms in total. The maximum atomic E-state index is 10.7. The fraction of sp³-hybridized carbons (Fsp3) is 0.292. The fourth-order valence-corrected chi connectivity index (χ4v) is 3.69. The van der Waals surface area contributed by atoms with Gasteiger partial charge in [-0.1, -0.05) is 12.1 Å². The standard InChI is InChI=1S/C24H26N4O4/c29-24(30)18-31-21-5-3-19(4-6-21)23(32-22-2-1-9-26-16-22)17-27-12-14-28(15-13-27)20-7-10-25-11-8-20/h1-11,16,23H,12-15,17-18H2,(H,29,30). The van der Waals surface area contributed by atoms with Crippen LogP contribution in [0.5, 0.6) is 11.5 Å². The lowest BCUT2D eigenvalue weighted by Gasteiger charge is -2.37. The Morgan fingerprint density at radius 3 is 2.34 bits per heavy atom. The number of aromatic nitrogens is 2. The number of aliphatic carboxylic acids is 1. The van der Waals surface area contributed by atoms with Gasteiger partial charge in [-0.05, 0) is 42.0 Å². The van der Waals surface area contributed by atoms with Crippen LogP contribution in [0.15, 0.2) is 73.3 Å². The quantitative estimate of drug-likeness (QED) is 0.550. The number of anilines is 1. The predicted octanol–water partition coefficient (Wildman–Crippen LogP) is 2.88. The predicted molar refractivity (Wildman–Crippen MR) is 120 cm³/mol. The summed E-state index contributed by atoms with van der Waals surface area (Å²) in [7, 11) is 0. The summed E-state index contributed by atoms with van der Waals surface area (Å²) in [5.41, 5.74) is 2.19. The second-order valence-corrected chi connectivity index (χ2v) is 7.54. The van der Waals surface area contributed by atoms with Gasteiger partial charge in [-0.2, -0.15) is 0 Å². The Labute approximate surface area is 187 Å². The molecular formula is C24H26N4O4. The molecule has 0 bridgehead atoms. The molecule has 1 atom stereocenters. The first-order chi connectivity index (χ1) is 15.7. The van der Waals surface area contributed by atoms with Crippen molar-refractivity contribution in [2.24, 2.45) is 0 Å². The highest BCUT2D eigenvalue weighted by molar-refractivity contribution is 5.68. The van der Waals surface area contributed by atoms with Crippen molar-refractivity contribution < 1.29 is 19.4 Å². The van der Waals surface area contributed by atoms with Crippen LogP contribution in [0, 0.1) is 0 Å². The second-order valence-electron chi connectivity index (χ2n) is 7.54. The minimum Gasteiger partial charge on any atom is -0.483 e. The van der Waals surface area contributed by atoms with Crippen molar-refractivity contribution in [1.29, 1.82) is 0 Å². The Morgan fingerprint density at radius 2 is 1.69 bits per heavy atom. The zero-order valence-corrected chi connectivity index (χ0v) is 17.7. The van der Waals surface area contributed by atoms with Gasteiger partial charge in [-0.15, -0.1) is 0 Å². The highest BCUT2D eigenvalue weighted by atomic mass is 16.5. The topological polar surface area (TPSA) is 88.0 Å². The molecule has 1 N–H and O–H groups in total. The van der Waals surface area contributed by atoms with Gasteiger partial charge in [0.05, 0.1) is 6.20 Å². The van der Waals surface area contributed by atoms with E-state index in [-0.39, 0.29) is 12.7 Å². The summed E-state index contributed by atoms with van der Waals surface area (Å²) < 4.78 is 11.5. The Morgan fingerprint density at radius 1 is 0.938 bits per heavy atom. The molecule has 0 spiro atoms. The SMILES string of the molecule is O=C(O)COc1ccc(C(CN2CCN(c3ccncc3)CC2)Oc2cccnc2)cc1. The number of carboxylic acids is 1. The van der Waals surface area contributed by atoms with Gasteiger partial charge in [0.15, 0.2) is 6.61 Å². The maximum Gasteiger partial charge on any atom is 0.341 e. The molecule has 166 valence electrons. The molecule has 1 aliphatic rings. The zero-order valence-electron chi connectivity index (χ0n) is 17.7. The number of benzene rings is 1. The number of ether oxygens (including phenoxy) is 2. The van der Waals surface area contributed by atoms with Crippen LogP contribution in [0.2, 0.25) is 0 Å². The first kappa shape index (κ1) is 21.6. The van der Waals surface area contributed by atoms with E-state index in [0.717, 1.165) is 38.3 Å². The van der Waals surface area contributed by atoms with E-state index in [4.69, 9.17) is 14.6 Å². The molecule has 1 aromatic carbocycles. The molecule has 4 rings (SSSR count). The van der Waals surface area contributed by atoms with Crippen molar-refractivity contribution in [2.75, 3.05) is 44.2 Å². The van der Waals surface area contributed by atoms with E-state index < -0.39 is 5.97 Å². The molecule has 1 saturated heterocycles. The van der Waals surface area contributed by atoms with Crippen LogP contribution in [0.4, 0.5) is 5.69 Å². The summed E-state index contributed by atoms with van der Waals surface area (Å²) >= 11 is 0. The van der Waals surface area contributed by atoms with E-state index in [9.17, 15) is 4.79 Å². The fourth-order valence-electron chi connectivity index (χ4n) is 3.69. The number of carbonyl (C=O) groups is 1. The molecule has 0 amide bonds. The smallest absolute Gasteiger partial charge is 0.341 e. The van der Waals surface area contributed by atoms with Gasteiger partial charge in [0.25, 0.3) is 0 Å². The Balaban J connectivity index is 1.42. The molecule has 0 radical (unpaired) electrons. The Kier molecular flexibility index (Phi) is 7.14. The average Bonchev–Trinajstić information content (AvgIpc) is 2.84. The number of pyridine rings is 2. The molecule has 1 aliphatic heterocycles. The lowest BCUT2D eigenvalue weighted by molar-refractivity contribution is -0.139. The highest BCUT2D eigenvalue weighted by Gasteiger charge is 2.23. The first-order valence-electron chi connectivity index (χ1n) is 10.6. The molecular weight excluding hydrogens is 408 g/mol. The Bertz CT molecular complexity index is 978. The number of piperazine rings is 1. The Hall–Kier alpha value is -3.65. The summed E-state index contributed by atoms with van der Waals surface area (Å²) in [5, 5.41) is 8.79. The van der Waals surface area contributed by atoms with Gasteiger partial charge in [0, 0.05) is 57.0 Å². The van der Waals surface area contributed by atoms with E-state index in [1.807, 2.05) is 48.8 Å². The molecule has 0 saturated carbocycles. The van der Waals surface area contributed by atoms with Crippen LogP contribution in [0.3, 0.4) is 0 Å². The molecule has 8 heteroatoms. The van der Waals surface area contributed by atoms with Gasteiger partial charge in [-0.3, -0.25) is 14.9 Å². The molecule has 3 aromatic rings. The van der Waals surface area contributed by atoms with Crippen molar-refractivity contribution in [3.8, 4) is 11.5 Å². The van der Waals surface area contributed by atoms with Gasteiger partial charge >= 0.3 is 5.97 Å². The lowest BCUT2D eigenvalue weighted by Crippen LogP contribution is -2.48. The van der Waals surface area contributed by atoms with Crippen molar-refractivity contribution in [3.05, 3.63) is 78.9 Å². The van der Waals surface area contributed by atoms with Crippen molar-refractivity contribution in [3.63, 3.8) is 0 Å². The zero-order chi connectivity index (χ0) is 22.2. The molecule has 2 aromatic heterocycles. The van der Waals surface area contributed by atoms with Crippen LogP contribution < -0.4 is 14.4 Å². The van der Waals surface area contributed by atoms with Crippen LogP contribution in [-0.2, 0) is 4.79 Å². The second kappa shape index (κ2) is 10.6. The summed E-state index contributed by atoms with van der Waals surface area (Å²) in [6.07, 6.45) is 6.88. The lowest BCUT2D eigenvalue weighted by atomic mass is 10.1. The molecule has 0 aliphatic carbocycles. The maximum absolute atomic E-state index is 10.7. The van der Waals surface area contributed by atoms with Gasteiger partial charge in [0.2, 0.25) is 0 Å². The van der Waals surface area contributed by atoms with E-state index in [2.05, 4.69) is 19.8 Å². The van der Waals surface area contributed by atoms with Gasteiger partial charge in [-0.25, -0.2) is 4.79 Å². The first-order valence-corrected chi connectivity index (χ1v) is 10.6. The van der Waals surface area contributed by atoms with E-state index >= 15 is 0 Å². The van der Waals surface area contributed by atoms with Gasteiger partial charge < -0.3 is 19.5 Å². The van der Waals surface area contributed by atoms with Crippen LogP contribution >= 0.6 is 0 Å². The van der Waals surface area contributed by atoms with E-state index in [1.165, 1.54) is 5.69 Å². The summed E-state index contributed by atoms with van der Waals surface area (Å²) in [5.74, 6) is 0.221. The summed E-state index contributed by atoms with van der Waals surface area (Å²) in [6.45, 7) is 4.09. The third-order valence-electron chi connectivity index (χ3n) is 5.35. The third-order valence-corrected chi connectivity index (χ3v) is 5.35. The number of hydrogen-bond acceptors (Lipinski definition) is 7. The summed E-state index contributed by atoms with van der Waals surface area (Å²) in [6, 6.07) is 15.2. The van der Waals surface area contributed by atoms with Crippen LogP contribution in [0.1, 0.15) is 11.7 Å². The molecule has 1 unspecified atom stereocenters. The minimum atomic E-state index is -1.00. The highest BCUT2D eigenvalue weighted by Crippen LogP contribution is 2.25. The molecule has 1 fully saturated rings. The monoisotopic (exact) mass is 434 g/mol.